The van der Waals surface area contributed by atoms with Crippen molar-refractivity contribution in [1.29, 1.82) is 0 Å². The Morgan fingerprint density at radius 3 is 2.68 bits per heavy atom. The van der Waals surface area contributed by atoms with E-state index in [9.17, 15) is 10.1 Å². The Bertz CT molecular complexity index is 937. The van der Waals surface area contributed by atoms with Crippen LogP contribution in [0.3, 0.4) is 0 Å². The summed E-state index contributed by atoms with van der Waals surface area (Å²) in [5.41, 5.74) is 1.44. The zero-order chi connectivity index (χ0) is 19.8. The number of methoxy groups -OCH3 is 2. The summed E-state index contributed by atoms with van der Waals surface area (Å²) in [4.78, 5) is 22.8. The molecule has 0 radical (unpaired) electrons. The maximum Gasteiger partial charge on any atom is 0.311 e. The molecule has 2 aliphatic heterocycles. The van der Waals surface area contributed by atoms with Crippen molar-refractivity contribution in [2.24, 2.45) is 4.99 Å². The first-order chi connectivity index (χ1) is 13.5. The largest absolute Gasteiger partial charge is 0.496 e. The molecule has 0 spiro atoms. The van der Waals surface area contributed by atoms with E-state index >= 15 is 0 Å². The Morgan fingerprint density at radius 1 is 1.25 bits per heavy atom. The zero-order valence-corrected chi connectivity index (χ0v) is 16.5. The molecule has 0 N–H and O–H groups in total. The second-order valence-electron chi connectivity index (χ2n) is 6.66. The number of thioether (sulfide) groups is 1. The molecule has 2 aliphatic rings. The summed E-state index contributed by atoms with van der Waals surface area (Å²) in [6, 6.07) is 8.34. The number of amidine groups is 1. The number of aromatic nitrogens is 1. The number of nitro groups is 1. The summed E-state index contributed by atoms with van der Waals surface area (Å²) < 4.78 is 10.8. The molecule has 0 unspecified atom stereocenters. The van der Waals surface area contributed by atoms with Gasteiger partial charge in [0.25, 0.3) is 0 Å². The summed E-state index contributed by atoms with van der Waals surface area (Å²) in [6.45, 7) is 2.95. The normalized spacial score (nSPS) is 23.3. The number of fused-ring (bicyclic) bond motifs is 1. The average Bonchev–Trinajstić information content (AvgIpc) is 3.23. The Hall–Kier alpha value is -2.81. The molecule has 8 nitrogen and oxygen atoms in total. The summed E-state index contributed by atoms with van der Waals surface area (Å²) in [5.74, 6) is 0.706. The van der Waals surface area contributed by atoms with E-state index in [-0.39, 0.29) is 23.5 Å². The molecule has 1 saturated heterocycles. The van der Waals surface area contributed by atoms with Crippen molar-refractivity contribution < 1.29 is 14.4 Å². The van der Waals surface area contributed by atoms with Gasteiger partial charge in [-0.1, -0.05) is 24.8 Å². The summed E-state index contributed by atoms with van der Waals surface area (Å²) in [5, 5.41) is 12.9. The van der Waals surface area contributed by atoms with Gasteiger partial charge in [-0.05, 0) is 12.1 Å². The first-order valence-corrected chi connectivity index (χ1v) is 9.73. The SMILES string of the molecule is COc1cc(OC)c([N+](=O)[O-])cc1[C@@H]1[C@H](c2ccccn2)N=C2S[C@@H](C)CN21. The summed E-state index contributed by atoms with van der Waals surface area (Å²) >= 11 is 1.71. The number of ether oxygens (including phenoxy) is 2. The second kappa shape index (κ2) is 7.31. The quantitative estimate of drug-likeness (QED) is 0.559. The first kappa shape index (κ1) is 18.5. The van der Waals surface area contributed by atoms with Crippen LogP contribution in [0.25, 0.3) is 0 Å². The minimum Gasteiger partial charge on any atom is -0.496 e. The monoisotopic (exact) mass is 400 g/mol. The van der Waals surface area contributed by atoms with Gasteiger partial charge in [0.05, 0.1) is 30.9 Å². The van der Waals surface area contributed by atoms with Gasteiger partial charge in [0, 0.05) is 35.7 Å². The number of aliphatic imine (C=N–C) groups is 1. The van der Waals surface area contributed by atoms with Crippen LogP contribution in [0.15, 0.2) is 41.5 Å². The van der Waals surface area contributed by atoms with E-state index in [2.05, 4.69) is 16.8 Å². The number of hydrogen-bond donors (Lipinski definition) is 0. The fourth-order valence-electron chi connectivity index (χ4n) is 3.73. The van der Waals surface area contributed by atoms with Crippen LogP contribution in [-0.2, 0) is 0 Å². The fraction of sp³-hybridized carbons (Fsp3) is 0.368. The average molecular weight is 400 g/mol. The molecular formula is C19H20N4O4S. The second-order valence-corrected chi connectivity index (χ2v) is 8.07. The van der Waals surface area contributed by atoms with Gasteiger partial charge in [0.15, 0.2) is 5.17 Å². The van der Waals surface area contributed by atoms with Crippen molar-refractivity contribution in [3.8, 4) is 11.5 Å². The van der Waals surface area contributed by atoms with Gasteiger partial charge in [0.1, 0.15) is 11.8 Å². The minimum atomic E-state index is -0.435. The van der Waals surface area contributed by atoms with Crippen molar-refractivity contribution in [2.45, 2.75) is 24.3 Å². The van der Waals surface area contributed by atoms with Crippen LogP contribution >= 0.6 is 11.8 Å². The van der Waals surface area contributed by atoms with Gasteiger partial charge in [-0.15, -0.1) is 0 Å². The Kier molecular flexibility index (Phi) is 4.84. The Morgan fingerprint density at radius 2 is 2.04 bits per heavy atom. The third-order valence-corrected chi connectivity index (χ3v) is 6.03. The van der Waals surface area contributed by atoms with E-state index in [4.69, 9.17) is 14.5 Å². The van der Waals surface area contributed by atoms with Crippen LogP contribution in [0.1, 0.15) is 30.3 Å². The molecule has 1 aromatic heterocycles. The number of hydrogen-bond acceptors (Lipinski definition) is 8. The highest BCUT2D eigenvalue weighted by Gasteiger charge is 2.45. The van der Waals surface area contributed by atoms with Crippen LogP contribution in [0.5, 0.6) is 11.5 Å². The van der Waals surface area contributed by atoms with E-state index in [1.165, 1.54) is 7.11 Å². The maximum absolute atomic E-state index is 11.6. The predicted octanol–water partition coefficient (Wildman–Crippen LogP) is 3.60. The number of nitro benzene ring substituents is 1. The highest BCUT2D eigenvalue weighted by Crippen LogP contribution is 2.51. The Labute approximate surface area is 166 Å². The standard InChI is InChI=1S/C19H20N4O4S/c1-11-10-22-18(17(21-19(22)28-11)13-6-4-5-7-20-13)12-8-14(23(24)25)16(27-3)9-15(12)26-2/h4-9,11,17-18H,10H2,1-3H3/t11-,17-,18+/m0/s1. The van der Waals surface area contributed by atoms with Crippen molar-refractivity contribution in [3.05, 3.63) is 57.9 Å². The van der Waals surface area contributed by atoms with Gasteiger partial charge in [-0.2, -0.15) is 0 Å². The zero-order valence-electron chi connectivity index (χ0n) is 15.7. The van der Waals surface area contributed by atoms with Crippen molar-refractivity contribution >= 4 is 22.6 Å². The smallest absolute Gasteiger partial charge is 0.311 e. The molecule has 146 valence electrons. The van der Waals surface area contributed by atoms with Gasteiger partial charge in [-0.3, -0.25) is 20.1 Å². The number of benzene rings is 1. The number of nitrogens with zero attached hydrogens (tertiary/aromatic N) is 4. The van der Waals surface area contributed by atoms with Crippen LogP contribution in [0.2, 0.25) is 0 Å². The lowest BCUT2D eigenvalue weighted by Crippen LogP contribution is -2.29. The van der Waals surface area contributed by atoms with Gasteiger partial charge < -0.3 is 14.4 Å². The molecule has 0 bridgehead atoms. The maximum atomic E-state index is 11.6. The molecule has 0 saturated carbocycles. The fourth-order valence-corrected chi connectivity index (χ4v) is 4.83. The Balaban J connectivity index is 1.87. The highest BCUT2D eigenvalue weighted by molar-refractivity contribution is 8.14. The van der Waals surface area contributed by atoms with E-state index in [1.807, 2.05) is 18.2 Å². The van der Waals surface area contributed by atoms with Crippen LogP contribution in [-0.4, -0.2) is 46.0 Å². The van der Waals surface area contributed by atoms with Crippen LogP contribution in [0.4, 0.5) is 5.69 Å². The van der Waals surface area contributed by atoms with Gasteiger partial charge in [0.2, 0.25) is 5.75 Å². The summed E-state index contributed by atoms with van der Waals surface area (Å²) in [7, 11) is 2.96. The molecule has 3 atom stereocenters. The lowest BCUT2D eigenvalue weighted by molar-refractivity contribution is -0.385. The van der Waals surface area contributed by atoms with E-state index in [0.29, 0.717) is 16.6 Å². The van der Waals surface area contributed by atoms with E-state index < -0.39 is 4.92 Å². The molecular weight excluding hydrogens is 380 g/mol. The van der Waals surface area contributed by atoms with E-state index in [1.54, 1.807) is 37.2 Å². The molecule has 28 heavy (non-hydrogen) atoms. The minimum absolute atomic E-state index is 0.0913. The molecule has 0 amide bonds. The lowest BCUT2D eigenvalue weighted by Gasteiger charge is -2.28. The number of pyridine rings is 1. The van der Waals surface area contributed by atoms with Crippen molar-refractivity contribution in [3.63, 3.8) is 0 Å². The molecule has 9 heteroatoms. The molecule has 1 fully saturated rings. The van der Waals surface area contributed by atoms with Crippen LogP contribution in [0, 0.1) is 10.1 Å². The van der Waals surface area contributed by atoms with Crippen LogP contribution < -0.4 is 9.47 Å². The molecule has 1 aromatic carbocycles. The van der Waals surface area contributed by atoms with Gasteiger partial charge >= 0.3 is 5.69 Å². The third-order valence-electron chi connectivity index (χ3n) is 4.93. The summed E-state index contributed by atoms with van der Waals surface area (Å²) in [6.07, 6.45) is 1.74. The number of rotatable bonds is 5. The molecule has 3 heterocycles. The van der Waals surface area contributed by atoms with Crippen molar-refractivity contribution in [1.82, 2.24) is 9.88 Å². The third kappa shape index (κ3) is 3.05. The molecule has 0 aliphatic carbocycles. The lowest BCUT2D eigenvalue weighted by atomic mass is 9.94. The highest BCUT2D eigenvalue weighted by atomic mass is 32.2. The van der Waals surface area contributed by atoms with Crippen molar-refractivity contribution in [2.75, 3.05) is 20.8 Å². The predicted molar refractivity (Wildman–Crippen MR) is 107 cm³/mol. The topological polar surface area (TPSA) is 90.1 Å². The first-order valence-electron chi connectivity index (χ1n) is 8.85. The van der Waals surface area contributed by atoms with E-state index in [0.717, 1.165) is 17.4 Å². The molecule has 4 rings (SSSR count). The molecule has 2 aromatic rings. The van der Waals surface area contributed by atoms with Gasteiger partial charge in [-0.25, -0.2) is 0 Å².